The van der Waals surface area contributed by atoms with Crippen LogP contribution in [0.1, 0.15) is 26.7 Å². The first-order chi connectivity index (χ1) is 10.2. The van der Waals surface area contributed by atoms with Gasteiger partial charge in [-0.3, -0.25) is 4.79 Å². The van der Waals surface area contributed by atoms with E-state index in [1.165, 1.54) is 0 Å². The van der Waals surface area contributed by atoms with Crippen LogP contribution in [0.15, 0.2) is 30.6 Å². The van der Waals surface area contributed by atoms with E-state index in [0.29, 0.717) is 12.3 Å². The van der Waals surface area contributed by atoms with E-state index in [2.05, 4.69) is 34.4 Å². The predicted molar refractivity (Wildman–Crippen MR) is 85.1 cm³/mol. The molecule has 2 rings (SSSR count). The van der Waals surface area contributed by atoms with Crippen LogP contribution in [0.25, 0.3) is 10.9 Å². The molecule has 2 N–H and O–H groups in total. The van der Waals surface area contributed by atoms with Crippen LogP contribution in [0.4, 0.5) is 5.82 Å². The second-order valence-electron chi connectivity index (χ2n) is 5.47. The zero-order chi connectivity index (χ0) is 15.1. The second-order valence-corrected chi connectivity index (χ2v) is 5.47. The third-order valence-electron chi connectivity index (χ3n) is 3.12. The fourth-order valence-electron chi connectivity index (χ4n) is 2.01. The molecule has 112 valence electrons. The molecular weight excluding hydrogens is 264 g/mol. The minimum Gasteiger partial charge on any atom is -0.369 e. The first-order valence-corrected chi connectivity index (χ1v) is 7.37. The SMILES string of the molecule is CC(C)CNC(=O)CCCNc1ncnc2ccccc12. The Kier molecular flexibility index (Phi) is 5.49. The van der Waals surface area contributed by atoms with E-state index in [1.54, 1.807) is 6.33 Å². The van der Waals surface area contributed by atoms with Crippen LogP contribution in [-0.4, -0.2) is 29.0 Å². The van der Waals surface area contributed by atoms with Crippen molar-refractivity contribution in [2.24, 2.45) is 5.92 Å². The highest BCUT2D eigenvalue weighted by molar-refractivity contribution is 5.88. The maximum Gasteiger partial charge on any atom is 0.220 e. The maximum atomic E-state index is 11.6. The lowest BCUT2D eigenvalue weighted by Crippen LogP contribution is -2.27. The van der Waals surface area contributed by atoms with Crippen LogP contribution in [0, 0.1) is 5.92 Å². The molecule has 1 aromatic heterocycles. The number of hydrogen-bond acceptors (Lipinski definition) is 4. The number of para-hydroxylation sites is 1. The van der Waals surface area contributed by atoms with Crippen molar-refractivity contribution >= 4 is 22.6 Å². The molecule has 0 atom stereocenters. The zero-order valence-electron chi connectivity index (χ0n) is 12.6. The molecule has 21 heavy (non-hydrogen) atoms. The molecule has 0 unspecified atom stereocenters. The smallest absolute Gasteiger partial charge is 0.220 e. The van der Waals surface area contributed by atoms with Crippen LogP contribution in [0.2, 0.25) is 0 Å². The van der Waals surface area contributed by atoms with E-state index in [9.17, 15) is 4.79 Å². The Labute approximate surface area is 125 Å². The summed E-state index contributed by atoms with van der Waals surface area (Å²) in [4.78, 5) is 20.1. The zero-order valence-corrected chi connectivity index (χ0v) is 12.6. The third-order valence-corrected chi connectivity index (χ3v) is 3.12. The van der Waals surface area contributed by atoms with E-state index in [0.717, 1.165) is 36.2 Å². The number of carbonyl (C=O) groups is 1. The van der Waals surface area contributed by atoms with Gasteiger partial charge in [0.2, 0.25) is 5.91 Å². The fourth-order valence-corrected chi connectivity index (χ4v) is 2.01. The van der Waals surface area contributed by atoms with Crippen LogP contribution in [-0.2, 0) is 4.79 Å². The lowest BCUT2D eigenvalue weighted by atomic mass is 10.2. The first-order valence-electron chi connectivity index (χ1n) is 7.37. The summed E-state index contributed by atoms with van der Waals surface area (Å²) in [5, 5.41) is 7.20. The highest BCUT2D eigenvalue weighted by Gasteiger charge is 2.04. The van der Waals surface area contributed by atoms with Crippen molar-refractivity contribution in [2.45, 2.75) is 26.7 Å². The Morgan fingerprint density at radius 1 is 1.24 bits per heavy atom. The molecule has 1 heterocycles. The van der Waals surface area contributed by atoms with Gasteiger partial charge in [0, 0.05) is 24.9 Å². The molecule has 2 aromatic rings. The average Bonchev–Trinajstić information content (AvgIpc) is 2.49. The molecule has 0 fully saturated rings. The molecule has 1 aromatic carbocycles. The van der Waals surface area contributed by atoms with Gasteiger partial charge in [-0.05, 0) is 24.5 Å². The summed E-state index contributed by atoms with van der Waals surface area (Å²) in [6.07, 6.45) is 2.87. The largest absolute Gasteiger partial charge is 0.369 e. The van der Waals surface area contributed by atoms with Crippen LogP contribution < -0.4 is 10.6 Å². The molecule has 5 nitrogen and oxygen atoms in total. The highest BCUT2D eigenvalue weighted by Crippen LogP contribution is 2.18. The number of fused-ring (bicyclic) bond motifs is 1. The lowest BCUT2D eigenvalue weighted by Gasteiger charge is -2.09. The highest BCUT2D eigenvalue weighted by atomic mass is 16.1. The number of hydrogen-bond donors (Lipinski definition) is 2. The summed E-state index contributed by atoms with van der Waals surface area (Å²) in [5.74, 6) is 1.42. The van der Waals surface area contributed by atoms with Gasteiger partial charge in [0.15, 0.2) is 0 Å². The van der Waals surface area contributed by atoms with Crippen molar-refractivity contribution in [1.82, 2.24) is 15.3 Å². The van der Waals surface area contributed by atoms with Gasteiger partial charge < -0.3 is 10.6 Å². The summed E-state index contributed by atoms with van der Waals surface area (Å²) in [7, 11) is 0. The summed E-state index contributed by atoms with van der Waals surface area (Å²) in [6.45, 7) is 5.63. The van der Waals surface area contributed by atoms with Gasteiger partial charge in [-0.25, -0.2) is 9.97 Å². The Bertz CT molecular complexity index is 592. The summed E-state index contributed by atoms with van der Waals surface area (Å²) in [6, 6.07) is 7.88. The Morgan fingerprint density at radius 3 is 2.86 bits per heavy atom. The lowest BCUT2D eigenvalue weighted by molar-refractivity contribution is -0.121. The molecule has 5 heteroatoms. The van der Waals surface area contributed by atoms with Gasteiger partial charge >= 0.3 is 0 Å². The maximum absolute atomic E-state index is 11.6. The van der Waals surface area contributed by atoms with E-state index in [-0.39, 0.29) is 5.91 Å². The van der Waals surface area contributed by atoms with E-state index >= 15 is 0 Å². The first kappa shape index (κ1) is 15.2. The molecule has 0 saturated carbocycles. The normalized spacial score (nSPS) is 10.8. The van der Waals surface area contributed by atoms with Crippen molar-refractivity contribution in [3.05, 3.63) is 30.6 Å². The molecule has 0 radical (unpaired) electrons. The molecule has 0 aliphatic rings. The molecular formula is C16H22N4O. The molecule has 0 saturated heterocycles. The third kappa shape index (κ3) is 4.70. The Hall–Kier alpha value is -2.17. The van der Waals surface area contributed by atoms with Gasteiger partial charge in [-0.1, -0.05) is 26.0 Å². The average molecular weight is 286 g/mol. The number of amides is 1. The quantitative estimate of drug-likeness (QED) is 0.768. The Balaban J connectivity index is 1.79. The number of aromatic nitrogens is 2. The fraction of sp³-hybridized carbons (Fsp3) is 0.438. The van der Waals surface area contributed by atoms with Crippen molar-refractivity contribution in [3.8, 4) is 0 Å². The number of carbonyl (C=O) groups excluding carboxylic acids is 1. The predicted octanol–water partition coefficient (Wildman–Crippen LogP) is 2.59. The van der Waals surface area contributed by atoms with Crippen molar-refractivity contribution in [1.29, 1.82) is 0 Å². The van der Waals surface area contributed by atoms with Crippen LogP contribution in [0.3, 0.4) is 0 Å². The van der Waals surface area contributed by atoms with E-state index in [4.69, 9.17) is 0 Å². The van der Waals surface area contributed by atoms with Crippen molar-refractivity contribution in [2.75, 3.05) is 18.4 Å². The minimum absolute atomic E-state index is 0.109. The minimum atomic E-state index is 0.109. The summed E-state index contributed by atoms with van der Waals surface area (Å²) in [5.41, 5.74) is 0.921. The number of rotatable bonds is 7. The van der Waals surface area contributed by atoms with Gasteiger partial charge in [0.25, 0.3) is 0 Å². The van der Waals surface area contributed by atoms with Crippen LogP contribution in [0.5, 0.6) is 0 Å². The van der Waals surface area contributed by atoms with Crippen LogP contribution >= 0.6 is 0 Å². The summed E-state index contributed by atoms with van der Waals surface area (Å²) >= 11 is 0. The number of nitrogens with one attached hydrogen (secondary N) is 2. The van der Waals surface area contributed by atoms with Crippen molar-refractivity contribution in [3.63, 3.8) is 0 Å². The topological polar surface area (TPSA) is 66.9 Å². The van der Waals surface area contributed by atoms with Gasteiger partial charge in [0.1, 0.15) is 12.1 Å². The van der Waals surface area contributed by atoms with Crippen molar-refractivity contribution < 1.29 is 4.79 Å². The molecule has 0 aliphatic carbocycles. The number of benzene rings is 1. The number of anilines is 1. The molecule has 1 amide bonds. The van der Waals surface area contributed by atoms with E-state index < -0.39 is 0 Å². The monoisotopic (exact) mass is 286 g/mol. The summed E-state index contributed by atoms with van der Waals surface area (Å²) < 4.78 is 0. The number of nitrogens with zero attached hydrogens (tertiary/aromatic N) is 2. The van der Waals surface area contributed by atoms with E-state index in [1.807, 2.05) is 24.3 Å². The Morgan fingerprint density at radius 2 is 2.05 bits per heavy atom. The second kappa shape index (κ2) is 7.57. The molecule has 0 spiro atoms. The standard InChI is InChI=1S/C16H22N4O/c1-12(2)10-18-15(21)8-5-9-17-16-13-6-3-4-7-14(13)19-11-20-16/h3-4,6-7,11-12H,5,8-10H2,1-2H3,(H,18,21)(H,17,19,20). The molecule has 0 aliphatic heterocycles. The van der Waals surface area contributed by atoms with Gasteiger partial charge in [-0.2, -0.15) is 0 Å². The van der Waals surface area contributed by atoms with Gasteiger partial charge in [-0.15, -0.1) is 0 Å². The van der Waals surface area contributed by atoms with Gasteiger partial charge in [0.05, 0.1) is 5.52 Å². The molecule has 0 bridgehead atoms.